The average Bonchev–Trinajstić information content (AvgIpc) is 2.78. The van der Waals surface area contributed by atoms with E-state index in [0.29, 0.717) is 0 Å². The highest BCUT2D eigenvalue weighted by molar-refractivity contribution is 5.25. The number of aryl methyl sites for hydroxylation is 8. The molecule has 0 radical (unpaired) electrons. The van der Waals surface area contributed by atoms with Crippen LogP contribution < -0.4 is 0 Å². The van der Waals surface area contributed by atoms with Crippen molar-refractivity contribution in [1.29, 1.82) is 0 Å². The van der Waals surface area contributed by atoms with Gasteiger partial charge in [0, 0.05) is 0 Å². The lowest BCUT2D eigenvalue weighted by Gasteiger charge is -1.93. The van der Waals surface area contributed by atoms with Crippen molar-refractivity contribution in [3.8, 4) is 0 Å². The summed E-state index contributed by atoms with van der Waals surface area (Å²) in [5.41, 5.74) is 10.9. The van der Waals surface area contributed by atoms with Crippen LogP contribution >= 0.6 is 0 Å². The fraction of sp³-hybridized carbons (Fsp3) is 0.250. The van der Waals surface area contributed by atoms with E-state index in [2.05, 4.69) is 152 Å². The first-order chi connectivity index (χ1) is 15.2. The third kappa shape index (κ3) is 10.8. The normalized spacial score (nSPS) is 9.25. The van der Waals surface area contributed by atoms with E-state index < -0.39 is 0 Å². The Balaban J connectivity index is 0.000000213. The van der Waals surface area contributed by atoms with Gasteiger partial charge in [0.2, 0.25) is 0 Å². The number of hydrogen-bond donors (Lipinski definition) is 0. The van der Waals surface area contributed by atoms with Gasteiger partial charge in [0.15, 0.2) is 0 Å². The number of hydrogen-bond acceptors (Lipinski definition) is 0. The molecule has 4 aromatic carbocycles. The molecule has 0 fully saturated rings. The maximum atomic E-state index is 2.12. The highest BCUT2D eigenvalue weighted by Crippen LogP contribution is 2.04. The molecule has 32 heavy (non-hydrogen) atoms. The van der Waals surface area contributed by atoms with Gasteiger partial charge in [0.05, 0.1) is 0 Å². The Labute approximate surface area is 197 Å². The largest absolute Gasteiger partial charge is 0.0620 e. The summed E-state index contributed by atoms with van der Waals surface area (Å²) >= 11 is 0. The van der Waals surface area contributed by atoms with Crippen LogP contribution in [0.25, 0.3) is 0 Å². The van der Waals surface area contributed by atoms with Gasteiger partial charge in [0.1, 0.15) is 0 Å². The number of rotatable bonds is 0. The van der Waals surface area contributed by atoms with E-state index in [0.717, 1.165) is 0 Å². The molecule has 0 aliphatic carbocycles. The van der Waals surface area contributed by atoms with Crippen LogP contribution in [-0.2, 0) is 0 Å². The summed E-state index contributed by atoms with van der Waals surface area (Å²) < 4.78 is 0. The third-order valence-electron chi connectivity index (χ3n) is 5.70. The molecule has 0 nitrogen and oxygen atoms in total. The molecule has 4 rings (SSSR count). The quantitative estimate of drug-likeness (QED) is 0.264. The fourth-order valence-corrected chi connectivity index (χ4v) is 2.65. The summed E-state index contributed by atoms with van der Waals surface area (Å²) in [6.07, 6.45) is 0. The summed E-state index contributed by atoms with van der Waals surface area (Å²) in [5, 5.41) is 0. The molecular weight excluding hydrogens is 384 g/mol. The molecular formula is C32H40. The second-order valence-electron chi connectivity index (χ2n) is 8.34. The molecule has 0 saturated heterocycles. The first-order valence-corrected chi connectivity index (χ1v) is 11.3. The minimum Gasteiger partial charge on any atom is -0.0620 e. The zero-order valence-corrected chi connectivity index (χ0v) is 21.2. The topological polar surface area (TPSA) is 0 Å². The molecule has 0 spiro atoms. The molecule has 0 atom stereocenters. The average molecular weight is 425 g/mol. The molecule has 0 bridgehead atoms. The Hall–Kier alpha value is -3.12. The molecule has 0 amide bonds. The lowest BCUT2D eigenvalue weighted by Crippen LogP contribution is -1.74. The summed E-state index contributed by atoms with van der Waals surface area (Å²) in [7, 11) is 0. The van der Waals surface area contributed by atoms with Crippen molar-refractivity contribution in [2.24, 2.45) is 0 Å². The summed E-state index contributed by atoms with van der Waals surface area (Å²) in [6, 6.07) is 33.4. The monoisotopic (exact) mass is 424 g/mol. The maximum Gasteiger partial charge on any atom is -0.0395 e. The van der Waals surface area contributed by atoms with Gasteiger partial charge in [-0.15, -0.1) is 0 Å². The Morgan fingerprint density at radius 3 is 0.375 bits per heavy atom. The third-order valence-corrected chi connectivity index (χ3v) is 5.70. The van der Waals surface area contributed by atoms with Gasteiger partial charge < -0.3 is 0 Å². The lowest BCUT2D eigenvalue weighted by atomic mass is 10.1. The van der Waals surface area contributed by atoms with Gasteiger partial charge in [-0.05, 0) is 99.9 Å². The van der Waals surface area contributed by atoms with E-state index in [1.54, 1.807) is 0 Å². The zero-order valence-electron chi connectivity index (χ0n) is 21.2. The van der Waals surface area contributed by atoms with Crippen molar-refractivity contribution in [3.63, 3.8) is 0 Å². The van der Waals surface area contributed by atoms with Gasteiger partial charge in [-0.25, -0.2) is 0 Å². The lowest BCUT2D eigenvalue weighted by molar-refractivity contribution is 1.34. The fourth-order valence-electron chi connectivity index (χ4n) is 2.65. The number of benzene rings is 4. The standard InChI is InChI=1S/4C8H10/c4*1-7-5-3-4-6-8(7)2/h4*3-6H,1-2H3. The molecule has 0 N–H and O–H groups in total. The van der Waals surface area contributed by atoms with E-state index in [9.17, 15) is 0 Å². The zero-order chi connectivity index (χ0) is 23.9. The van der Waals surface area contributed by atoms with E-state index in [-0.39, 0.29) is 0 Å². The maximum absolute atomic E-state index is 2.12. The summed E-state index contributed by atoms with van der Waals surface area (Å²) in [6.45, 7) is 17.0. The molecule has 0 unspecified atom stereocenters. The predicted molar refractivity (Wildman–Crippen MR) is 144 cm³/mol. The van der Waals surface area contributed by atoms with Gasteiger partial charge >= 0.3 is 0 Å². The molecule has 0 aliphatic rings. The molecule has 0 saturated carbocycles. The van der Waals surface area contributed by atoms with Crippen molar-refractivity contribution in [2.45, 2.75) is 55.4 Å². The van der Waals surface area contributed by atoms with Crippen molar-refractivity contribution < 1.29 is 0 Å². The van der Waals surface area contributed by atoms with Gasteiger partial charge in [-0.3, -0.25) is 0 Å². The highest BCUT2D eigenvalue weighted by Gasteiger charge is 1.86. The van der Waals surface area contributed by atoms with Gasteiger partial charge in [-0.1, -0.05) is 97.1 Å². The SMILES string of the molecule is Cc1ccccc1C.Cc1ccccc1C.Cc1ccccc1C.Cc1ccccc1C. The van der Waals surface area contributed by atoms with Crippen LogP contribution in [0.15, 0.2) is 97.1 Å². The van der Waals surface area contributed by atoms with E-state index in [1.165, 1.54) is 44.5 Å². The molecule has 4 aromatic rings. The van der Waals surface area contributed by atoms with Crippen LogP contribution in [0.1, 0.15) is 44.5 Å². The van der Waals surface area contributed by atoms with E-state index in [1.807, 2.05) is 0 Å². The predicted octanol–water partition coefficient (Wildman–Crippen LogP) is 9.21. The van der Waals surface area contributed by atoms with Crippen molar-refractivity contribution in [1.82, 2.24) is 0 Å². The van der Waals surface area contributed by atoms with Crippen LogP contribution in [-0.4, -0.2) is 0 Å². The summed E-state index contributed by atoms with van der Waals surface area (Å²) in [4.78, 5) is 0. The molecule has 0 heterocycles. The molecule has 0 heteroatoms. The minimum atomic E-state index is 1.37. The minimum absolute atomic E-state index is 1.37. The van der Waals surface area contributed by atoms with Gasteiger partial charge in [-0.2, -0.15) is 0 Å². The molecule has 0 aliphatic heterocycles. The Kier molecular flexibility index (Phi) is 12.5. The van der Waals surface area contributed by atoms with Gasteiger partial charge in [0.25, 0.3) is 0 Å². The first kappa shape index (κ1) is 26.9. The van der Waals surface area contributed by atoms with Crippen molar-refractivity contribution in [2.75, 3.05) is 0 Å². The Morgan fingerprint density at radius 2 is 0.312 bits per heavy atom. The smallest absolute Gasteiger partial charge is 0.0395 e. The second kappa shape index (κ2) is 14.8. The highest BCUT2D eigenvalue weighted by atomic mass is 13.9. The van der Waals surface area contributed by atoms with Crippen LogP contribution in [0.4, 0.5) is 0 Å². The van der Waals surface area contributed by atoms with Crippen LogP contribution in [0.2, 0.25) is 0 Å². The second-order valence-corrected chi connectivity index (χ2v) is 8.34. The van der Waals surface area contributed by atoms with Crippen LogP contribution in [0.5, 0.6) is 0 Å². The van der Waals surface area contributed by atoms with E-state index in [4.69, 9.17) is 0 Å². The van der Waals surface area contributed by atoms with Crippen LogP contribution in [0, 0.1) is 55.4 Å². The summed E-state index contributed by atoms with van der Waals surface area (Å²) in [5.74, 6) is 0. The molecule has 0 aromatic heterocycles. The Morgan fingerprint density at radius 1 is 0.219 bits per heavy atom. The van der Waals surface area contributed by atoms with E-state index >= 15 is 0 Å². The van der Waals surface area contributed by atoms with Crippen molar-refractivity contribution in [3.05, 3.63) is 142 Å². The Bertz CT molecular complexity index is 799. The van der Waals surface area contributed by atoms with Crippen LogP contribution in [0.3, 0.4) is 0 Å². The molecule has 168 valence electrons. The first-order valence-electron chi connectivity index (χ1n) is 11.3. The van der Waals surface area contributed by atoms with Crippen molar-refractivity contribution >= 4 is 0 Å².